The van der Waals surface area contributed by atoms with Crippen molar-refractivity contribution in [1.82, 2.24) is 5.32 Å². The van der Waals surface area contributed by atoms with E-state index in [9.17, 15) is 4.79 Å². The number of ether oxygens (including phenoxy) is 2. The molecule has 2 aromatic carbocycles. The number of hydrogen-bond acceptors (Lipinski definition) is 4. The maximum absolute atomic E-state index is 12.3. The summed E-state index contributed by atoms with van der Waals surface area (Å²) in [6.45, 7) is 3.92. The Balaban J connectivity index is 2.00. The van der Waals surface area contributed by atoms with Crippen LogP contribution in [-0.2, 0) is 0 Å². The van der Waals surface area contributed by atoms with Gasteiger partial charge in [-0.25, -0.2) is 0 Å². The Kier molecular flexibility index (Phi) is 7.01. The number of hydrogen-bond donors (Lipinski definition) is 2. The number of amides is 1. The maximum Gasteiger partial charge on any atom is 0.257 e. The van der Waals surface area contributed by atoms with Gasteiger partial charge < -0.3 is 14.8 Å². The highest BCUT2D eigenvalue weighted by molar-refractivity contribution is 14.1. The molecule has 0 fully saturated rings. The molecule has 0 aliphatic rings. The molecule has 2 rings (SSSR count). The van der Waals surface area contributed by atoms with Crippen molar-refractivity contribution in [2.45, 2.75) is 20.0 Å². The van der Waals surface area contributed by atoms with Crippen molar-refractivity contribution in [1.29, 1.82) is 0 Å². The average Bonchev–Trinajstić information content (AvgIpc) is 2.54. The lowest BCUT2D eigenvalue weighted by atomic mass is 10.2. The van der Waals surface area contributed by atoms with E-state index in [1.165, 1.54) is 0 Å². The number of nitrogens with one attached hydrogen (secondary N) is 2. The fourth-order valence-corrected chi connectivity index (χ4v) is 3.01. The molecule has 25 heavy (non-hydrogen) atoms. The summed E-state index contributed by atoms with van der Waals surface area (Å²) in [4.78, 5) is 12.3. The Morgan fingerprint density at radius 1 is 1.20 bits per heavy atom. The Hall–Kier alpha value is -1.87. The van der Waals surface area contributed by atoms with Gasteiger partial charge in [-0.15, -0.1) is 0 Å². The summed E-state index contributed by atoms with van der Waals surface area (Å²) in [6.07, 6.45) is 0.0828. The minimum atomic E-state index is -0.285. The van der Waals surface area contributed by atoms with Gasteiger partial charge in [0, 0.05) is 17.3 Å². The van der Waals surface area contributed by atoms with E-state index in [2.05, 4.69) is 33.2 Å². The molecule has 0 aliphatic heterocycles. The topological polar surface area (TPSA) is 59.6 Å². The van der Waals surface area contributed by atoms with Crippen molar-refractivity contribution < 1.29 is 14.3 Å². The van der Waals surface area contributed by atoms with Gasteiger partial charge in [-0.1, -0.05) is 6.07 Å². The van der Waals surface area contributed by atoms with Gasteiger partial charge in [-0.2, -0.15) is 0 Å². The van der Waals surface area contributed by atoms with Crippen molar-refractivity contribution in [3.8, 4) is 11.5 Å². The monoisotopic (exact) mass is 470 g/mol. The Bertz CT molecular complexity index is 781. The van der Waals surface area contributed by atoms with Crippen LogP contribution in [0.1, 0.15) is 24.2 Å². The van der Waals surface area contributed by atoms with Crippen LogP contribution in [0.3, 0.4) is 0 Å². The SMILES string of the molecule is COc1ccc(C(=O)NC(=S)Nc2cccc(OC(C)C)c2)cc1I. The van der Waals surface area contributed by atoms with Crippen LogP contribution in [0.4, 0.5) is 5.69 Å². The van der Waals surface area contributed by atoms with Gasteiger partial charge in [0.25, 0.3) is 5.91 Å². The Morgan fingerprint density at radius 2 is 1.96 bits per heavy atom. The number of thiocarbonyl (C=S) groups is 1. The second kappa shape index (κ2) is 9.00. The first kappa shape index (κ1) is 19.5. The fourth-order valence-electron chi connectivity index (χ4n) is 2.06. The molecule has 0 aliphatic carbocycles. The van der Waals surface area contributed by atoms with E-state index in [0.29, 0.717) is 5.56 Å². The summed E-state index contributed by atoms with van der Waals surface area (Å²) in [5, 5.41) is 5.87. The number of halogens is 1. The zero-order valence-corrected chi connectivity index (χ0v) is 17.1. The molecule has 0 radical (unpaired) electrons. The van der Waals surface area contributed by atoms with Crippen LogP contribution in [0.2, 0.25) is 0 Å². The number of benzene rings is 2. The Labute approximate surface area is 166 Å². The van der Waals surface area contributed by atoms with E-state index in [1.807, 2.05) is 38.1 Å². The van der Waals surface area contributed by atoms with Crippen molar-refractivity contribution >= 4 is 51.5 Å². The second-order valence-electron chi connectivity index (χ2n) is 5.45. The molecule has 0 spiro atoms. The molecule has 0 bridgehead atoms. The van der Waals surface area contributed by atoms with Crippen molar-refractivity contribution in [3.05, 3.63) is 51.6 Å². The predicted molar refractivity (Wildman–Crippen MR) is 112 cm³/mol. The number of methoxy groups -OCH3 is 1. The quantitative estimate of drug-likeness (QED) is 0.507. The van der Waals surface area contributed by atoms with Crippen LogP contribution in [0, 0.1) is 3.57 Å². The van der Waals surface area contributed by atoms with Crippen LogP contribution < -0.4 is 20.1 Å². The van der Waals surface area contributed by atoms with Gasteiger partial charge in [0.05, 0.1) is 16.8 Å². The summed E-state index contributed by atoms with van der Waals surface area (Å²) in [5.74, 6) is 1.17. The maximum atomic E-state index is 12.3. The molecule has 132 valence electrons. The van der Waals surface area contributed by atoms with E-state index in [4.69, 9.17) is 21.7 Å². The third kappa shape index (κ3) is 5.86. The molecule has 1 amide bonds. The first-order valence-corrected chi connectivity index (χ1v) is 9.10. The number of carbonyl (C=O) groups excluding carboxylic acids is 1. The van der Waals surface area contributed by atoms with Gasteiger partial charge in [0.2, 0.25) is 0 Å². The van der Waals surface area contributed by atoms with Crippen molar-refractivity contribution in [2.75, 3.05) is 12.4 Å². The van der Waals surface area contributed by atoms with Gasteiger partial charge in [-0.05, 0) is 79.0 Å². The van der Waals surface area contributed by atoms with Crippen LogP contribution in [0.15, 0.2) is 42.5 Å². The first-order chi connectivity index (χ1) is 11.9. The second-order valence-corrected chi connectivity index (χ2v) is 7.02. The smallest absolute Gasteiger partial charge is 0.257 e. The number of rotatable bonds is 5. The first-order valence-electron chi connectivity index (χ1n) is 7.61. The van der Waals surface area contributed by atoms with Crippen molar-refractivity contribution in [2.24, 2.45) is 0 Å². The predicted octanol–water partition coefficient (Wildman–Crippen LogP) is 4.21. The molecule has 0 heterocycles. The summed E-state index contributed by atoms with van der Waals surface area (Å²) < 4.78 is 11.7. The molecular formula is C18H19IN2O3S. The molecule has 7 heteroatoms. The molecule has 2 N–H and O–H groups in total. The Morgan fingerprint density at radius 3 is 2.60 bits per heavy atom. The summed E-state index contributed by atoms with van der Waals surface area (Å²) >= 11 is 7.33. The summed E-state index contributed by atoms with van der Waals surface area (Å²) in [5.41, 5.74) is 1.25. The molecule has 0 saturated carbocycles. The normalized spacial score (nSPS) is 10.3. The van der Waals surface area contributed by atoms with Crippen LogP contribution in [-0.4, -0.2) is 24.2 Å². The average molecular weight is 470 g/mol. The molecule has 0 unspecified atom stereocenters. The van der Waals surface area contributed by atoms with E-state index >= 15 is 0 Å². The summed E-state index contributed by atoms with van der Waals surface area (Å²) in [7, 11) is 1.59. The van der Waals surface area contributed by atoms with E-state index in [-0.39, 0.29) is 17.1 Å². The summed E-state index contributed by atoms with van der Waals surface area (Å²) in [6, 6.07) is 12.6. The zero-order valence-electron chi connectivity index (χ0n) is 14.1. The van der Waals surface area contributed by atoms with Crippen LogP contribution in [0.25, 0.3) is 0 Å². The van der Waals surface area contributed by atoms with Gasteiger partial charge in [0.15, 0.2) is 5.11 Å². The lowest BCUT2D eigenvalue weighted by molar-refractivity contribution is 0.0977. The molecule has 0 aromatic heterocycles. The highest BCUT2D eigenvalue weighted by atomic mass is 127. The van der Waals surface area contributed by atoms with Crippen LogP contribution >= 0.6 is 34.8 Å². The molecule has 0 saturated heterocycles. The number of carbonyl (C=O) groups is 1. The molecule has 0 atom stereocenters. The molecule has 2 aromatic rings. The standard InChI is InChI=1S/C18H19IN2O3S/c1-11(2)24-14-6-4-5-13(10-14)20-18(25)21-17(22)12-7-8-16(23-3)15(19)9-12/h4-11H,1-3H3,(H2,20,21,22,25). The van der Waals surface area contributed by atoms with Gasteiger partial charge in [-0.3, -0.25) is 10.1 Å². The van der Waals surface area contributed by atoms with Gasteiger partial charge >= 0.3 is 0 Å². The third-order valence-corrected chi connectivity index (χ3v) is 4.15. The lowest BCUT2D eigenvalue weighted by Crippen LogP contribution is -2.34. The van der Waals surface area contributed by atoms with Gasteiger partial charge in [0.1, 0.15) is 11.5 Å². The molecule has 5 nitrogen and oxygen atoms in total. The zero-order chi connectivity index (χ0) is 18.4. The highest BCUT2D eigenvalue weighted by Gasteiger charge is 2.11. The minimum Gasteiger partial charge on any atom is -0.496 e. The highest BCUT2D eigenvalue weighted by Crippen LogP contribution is 2.22. The largest absolute Gasteiger partial charge is 0.496 e. The molecular weight excluding hydrogens is 451 g/mol. The lowest BCUT2D eigenvalue weighted by Gasteiger charge is -2.13. The third-order valence-electron chi connectivity index (χ3n) is 3.10. The van der Waals surface area contributed by atoms with E-state index in [1.54, 1.807) is 25.3 Å². The fraction of sp³-hybridized carbons (Fsp3) is 0.222. The van der Waals surface area contributed by atoms with Crippen LogP contribution in [0.5, 0.6) is 11.5 Å². The van der Waals surface area contributed by atoms with Crippen molar-refractivity contribution in [3.63, 3.8) is 0 Å². The number of anilines is 1. The van der Waals surface area contributed by atoms with E-state index < -0.39 is 0 Å². The minimum absolute atomic E-state index is 0.0828. The van der Waals surface area contributed by atoms with E-state index in [0.717, 1.165) is 20.8 Å².